The van der Waals surface area contributed by atoms with Gasteiger partial charge in [0.2, 0.25) is 0 Å². The van der Waals surface area contributed by atoms with Gasteiger partial charge in [-0.05, 0) is 32.9 Å². The van der Waals surface area contributed by atoms with Crippen LogP contribution in [0.2, 0.25) is 0 Å². The summed E-state index contributed by atoms with van der Waals surface area (Å²) >= 11 is 0. The van der Waals surface area contributed by atoms with Crippen molar-refractivity contribution in [2.45, 2.75) is 26.4 Å². The van der Waals surface area contributed by atoms with Crippen molar-refractivity contribution < 1.29 is 9.84 Å². The smallest absolute Gasteiger partial charge is 0.163 e. The summed E-state index contributed by atoms with van der Waals surface area (Å²) in [6, 6.07) is 4.77. The summed E-state index contributed by atoms with van der Waals surface area (Å²) in [6.45, 7) is 5.74. The average Bonchev–Trinajstić information content (AvgIpc) is 1.94. The van der Waals surface area contributed by atoms with Crippen LogP contribution in [-0.4, -0.2) is 10.7 Å². The first-order chi connectivity index (χ1) is 5.88. The van der Waals surface area contributed by atoms with Crippen LogP contribution in [0.15, 0.2) is 18.2 Å². The molecule has 0 heterocycles. The van der Waals surface area contributed by atoms with E-state index in [-0.39, 0.29) is 11.4 Å². The minimum Gasteiger partial charge on any atom is -0.504 e. The fourth-order valence-electron chi connectivity index (χ4n) is 0.942. The molecule has 0 fully saturated rings. The summed E-state index contributed by atoms with van der Waals surface area (Å²) in [5, 5.41) is 9.42. The van der Waals surface area contributed by atoms with Crippen LogP contribution in [0.4, 0.5) is 5.69 Å². The van der Waals surface area contributed by atoms with Gasteiger partial charge >= 0.3 is 0 Å². The molecule has 0 unspecified atom stereocenters. The van der Waals surface area contributed by atoms with Crippen molar-refractivity contribution in [1.82, 2.24) is 0 Å². The van der Waals surface area contributed by atoms with Gasteiger partial charge in [0, 0.05) is 11.8 Å². The molecule has 1 aromatic carbocycles. The van der Waals surface area contributed by atoms with Gasteiger partial charge in [-0.2, -0.15) is 0 Å². The maximum Gasteiger partial charge on any atom is 0.163 e. The summed E-state index contributed by atoms with van der Waals surface area (Å²) in [7, 11) is 0. The second-order valence-electron chi connectivity index (χ2n) is 3.94. The molecule has 0 bridgehead atoms. The Bertz CT molecular complexity index is 302. The van der Waals surface area contributed by atoms with Gasteiger partial charge in [0.1, 0.15) is 5.60 Å². The zero-order valence-corrected chi connectivity index (χ0v) is 8.16. The standard InChI is InChI=1S/C10H15NO2/c1-10(2,3)13-9-6-7(11)4-5-8(9)12/h4-6,12H,11H2,1-3H3. The van der Waals surface area contributed by atoms with Crippen LogP contribution < -0.4 is 10.5 Å². The zero-order chi connectivity index (χ0) is 10.1. The molecule has 72 valence electrons. The highest BCUT2D eigenvalue weighted by molar-refractivity contribution is 5.51. The lowest BCUT2D eigenvalue weighted by Crippen LogP contribution is -2.23. The molecule has 3 nitrogen and oxygen atoms in total. The van der Waals surface area contributed by atoms with Gasteiger partial charge in [-0.3, -0.25) is 0 Å². The van der Waals surface area contributed by atoms with Crippen molar-refractivity contribution in [2.75, 3.05) is 5.73 Å². The number of phenolic OH excluding ortho intramolecular Hbond substituents is 1. The van der Waals surface area contributed by atoms with E-state index in [4.69, 9.17) is 10.5 Å². The molecule has 0 aliphatic carbocycles. The molecule has 3 N–H and O–H groups in total. The van der Waals surface area contributed by atoms with Gasteiger partial charge < -0.3 is 15.6 Å². The first-order valence-corrected chi connectivity index (χ1v) is 4.16. The highest BCUT2D eigenvalue weighted by atomic mass is 16.5. The van der Waals surface area contributed by atoms with Crippen LogP contribution in [0.1, 0.15) is 20.8 Å². The van der Waals surface area contributed by atoms with Crippen LogP contribution in [0.5, 0.6) is 11.5 Å². The Labute approximate surface area is 78.1 Å². The van der Waals surface area contributed by atoms with Crippen molar-refractivity contribution in [3.8, 4) is 11.5 Å². The first-order valence-electron chi connectivity index (χ1n) is 4.16. The number of nitrogen functional groups attached to an aromatic ring is 1. The largest absolute Gasteiger partial charge is 0.504 e. The number of ether oxygens (including phenoxy) is 1. The fraction of sp³-hybridized carbons (Fsp3) is 0.400. The Hall–Kier alpha value is -1.38. The fourth-order valence-corrected chi connectivity index (χ4v) is 0.942. The number of nitrogens with two attached hydrogens (primary N) is 1. The molecule has 0 radical (unpaired) electrons. The molecule has 1 aromatic rings. The maximum atomic E-state index is 9.42. The molecule has 3 heteroatoms. The van der Waals surface area contributed by atoms with E-state index in [0.717, 1.165) is 0 Å². The third kappa shape index (κ3) is 2.86. The molecule has 0 aliphatic heterocycles. The van der Waals surface area contributed by atoms with E-state index < -0.39 is 0 Å². The number of hydrogen-bond acceptors (Lipinski definition) is 3. The van der Waals surface area contributed by atoms with Crippen LogP contribution in [0.3, 0.4) is 0 Å². The predicted octanol–water partition coefficient (Wildman–Crippen LogP) is 2.15. The molecular weight excluding hydrogens is 166 g/mol. The number of benzene rings is 1. The Morgan fingerprint density at radius 3 is 2.46 bits per heavy atom. The SMILES string of the molecule is CC(C)(C)Oc1cc(N)ccc1O. The van der Waals surface area contributed by atoms with E-state index >= 15 is 0 Å². The van der Waals surface area contributed by atoms with Crippen LogP contribution in [0, 0.1) is 0 Å². The third-order valence-electron chi connectivity index (χ3n) is 1.40. The number of phenols is 1. The van der Waals surface area contributed by atoms with Gasteiger partial charge in [-0.15, -0.1) is 0 Å². The molecular formula is C10H15NO2. The highest BCUT2D eigenvalue weighted by Crippen LogP contribution is 2.30. The van der Waals surface area contributed by atoms with Crippen molar-refractivity contribution in [1.29, 1.82) is 0 Å². The quantitative estimate of drug-likeness (QED) is 0.515. The Kier molecular flexibility index (Phi) is 2.36. The van der Waals surface area contributed by atoms with Crippen LogP contribution in [0.25, 0.3) is 0 Å². The van der Waals surface area contributed by atoms with Gasteiger partial charge in [0.15, 0.2) is 11.5 Å². The number of anilines is 1. The lowest BCUT2D eigenvalue weighted by molar-refractivity contribution is 0.126. The molecule has 0 saturated carbocycles. The summed E-state index contributed by atoms with van der Waals surface area (Å²) in [5.74, 6) is 0.539. The molecule has 0 aliphatic rings. The van der Waals surface area contributed by atoms with Crippen molar-refractivity contribution in [3.63, 3.8) is 0 Å². The second-order valence-corrected chi connectivity index (χ2v) is 3.94. The molecule has 0 atom stereocenters. The van der Waals surface area contributed by atoms with E-state index in [2.05, 4.69) is 0 Å². The Morgan fingerprint density at radius 2 is 1.92 bits per heavy atom. The maximum absolute atomic E-state index is 9.42. The minimum absolute atomic E-state index is 0.115. The Balaban J connectivity index is 2.94. The minimum atomic E-state index is -0.328. The van der Waals surface area contributed by atoms with Gasteiger partial charge in [0.25, 0.3) is 0 Å². The predicted molar refractivity (Wildman–Crippen MR) is 52.9 cm³/mol. The van der Waals surface area contributed by atoms with Crippen molar-refractivity contribution in [2.24, 2.45) is 0 Å². The van der Waals surface area contributed by atoms with Gasteiger partial charge in [0.05, 0.1) is 0 Å². The molecule has 0 amide bonds. The number of rotatable bonds is 1. The van der Waals surface area contributed by atoms with Crippen LogP contribution >= 0.6 is 0 Å². The lowest BCUT2D eigenvalue weighted by Gasteiger charge is -2.21. The average molecular weight is 181 g/mol. The van der Waals surface area contributed by atoms with E-state index in [1.165, 1.54) is 6.07 Å². The third-order valence-corrected chi connectivity index (χ3v) is 1.40. The summed E-state index contributed by atoms with van der Waals surface area (Å²) in [6.07, 6.45) is 0. The monoisotopic (exact) mass is 181 g/mol. The number of aromatic hydroxyl groups is 1. The molecule has 1 rings (SSSR count). The van der Waals surface area contributed by atoms with E-state index in [1.54, 1.807) is 12.1 Å². The van der Waals surface area contributed by atoms with Crippen molar-refractivity contribution >= 4 is 5.69 Å². The zero-order valence-electron chi connectivity index (χ0n) is 8.16. The molecule has 0 aromatic heterocycles. The molecule has 13 heavy (non-hydrogen) atoms. The normalized spacial score (nSPS) is 11.3. The highest BCUT2D eigenvalue weighted by Gasteiger charge is 2.14. The van der Waals surface area contributed by atoms with Crippen LogP contribution in [-0.2, 0) is 0 Å². The first kappa shape index (κ1) is 9.71. The van der Waals surface area contributed by atoms with Gasteiger partial charge in [-0.1, -0.05) is 0 Å². The number of hydrogen-bond donors (Lipinski definition) is 2. The van der Waals surface area contributed by atoms with Gasteiger partial charge in [-0.25, -0.2) is 0 Å². The van der Waals surface area contributed by atoms with Crippen molar-refractivity contribution in [3.05, 3.63) is 18.2 Å². The topological polar surface area (TPSA) is 55.5 Å². The summed E-state index contributed by atoms with van der Waals surface area (Å²) in [5.41, 5.74) is 5.81. The lowest BCUT2D eigenvalue weighted by atomic mass is 10.2. The van der Waals surface area contributed by atoms with E-state index in [9.17, 15) is 5.11 Å². The second kappa shape index (κ2) is 3.17. The summed E-state index contributed by atoms with van der Waals surface area (Å²) in [4.78, 5) is 0. The molecule has 0 spiro atoms. The van der Waals surface area contributed by atoms with E-state index in [1.807, 2.05) is 20.8 Å². The molecule has 0 saturated heterocycles. The summed E-state index contributed by atoms with van der Waals surface area (Å²) < 4.78 is 5.48. The Morgan fingerprint density at radius 1 is 1.31 bits per heavy atom. The van der Waals surface area contributed by atoms with E-state index in [0.29, 0.717) is 11.4 Å².